The van der Waals surface area contributed by atoms with Crippen LogP contribution >= 0.6 is 22.9 Å². The molecule has 0 aliphatic heterocycles. The van der Waals surface area contributed by atoms with Crippen LogP contribution < -0.4 is 5.73 Å². The van der Waals surface area contributed by atoms with Crippen molar-refractivity contribution in [3.63, 3.8) is 0 Å². The predicted octanol–water partition coefficient (Wildman–Crippen LogP) is 2.14. The maximum absolute atomic E-state index is 12.5. The summed E-state index contributed by atoms with van der Waals surface area (Å²) in [5.41, 5.74) is 6.65. The van der Waals surface area contributed by atoms with Gasteiger partial charge in [0.05, 0.1) is 6.20 Å². The summed E-state index contributed by atoms with van der Waals surface area (Å²) in [4.78, 5) is 0. The van der Waals surface area contributed by atoms with E-state index in [2.05, 4.69) is 20.4 Å². The average Bonchev–Trinajstić information content (AvgIpc) is 3.09. The van der Waals surface area contributed by atoms with E-state index in [0.717, 1.165) is 11.3 Å². The van der Waals surface area contributed by atoms with Crippen LogP contribution in [0.1, 0.15) is 5.01 Å². The molecule has 114 valence electrons. The van der Waals surface area contributed by atoms with Crippen molar-refractivity contribution in [1.82, 2.24) is 20.4 Å². The number of hydrogen-bond acceptors (Lipinski definition) is 7. The van der Waals surface area contributed by atoms with Gasteiger partial charge in [-0.15, -0.1) is 10.2 Å². The molecule has 0 amide bonds. The van der Waals surface area contributed by atoms with Crippen LogP contribution in [0.25, 0.3) is 11.1 Å². The Bertz CT molecular complexity index is 902. The molecule has 3 aromatic rings. The molecule has 22 heavy (non-hydrogen) atoms. The van der Waals surface area contributed by atoms with Crippen LogP contribution in [-0.2, 0) is 15.6 Å². The number of anilines is 1. The van der Waals surface area contributed by atoms with Crippen molar-refractivity contribution in [3.05, 3.63) is 40.5 Å². The van der Waals surface area contributed by atoms with Gasteiger partial charge < -0.3 is 5.73 Å². The lowest BCUT2D eigenvalue weighted by atomic mass is 10.1. The van der Waals surface area contributed by atoms with Gasteiger partial charge in [-0.05, 0) is 17.7 Å². The van der Waals surface area contributed by atoms with Gasteiger partial charge in [0.25, 0.3) is 0 Å². The van der Waals surface area contributed by atoms with Gasteiger partial charge in [-0.25, -0.2) is 8.42 Å². The number of benzene rings is 1. The van der Waals surface area contributed by atoms with Crippen molar-refractivity contribution < 1.29 is 8.42 Å². The predicted molar refractivity (Wildman–Crippen MR) is 84.2 cm³/mol. The number of sulfone groups is 1. The van der Waals surface area contributed by atoms with E-state index >= 15 is 0 Å². The highest BCUT2D eigenvalue weighted by Crippen LogP contribution is 2.29. The summed E-state index contributed by atoms with van der Waals surface area (Å²) in [5.74, 6) is -0.287. The maximum Gasteiger partial charge on any atom is 0.203 e. The highest BCUT2D eigenvalue weighted by atomic mass is 35.5. The van der Waals surface area contributed by atoms with Crippen LogP contribution in [0.15, 0.2) is 35.5 Å². The number of halogens is 1. The van der Waals surface area contributed by atoms with Crippen molar-refractivity contribution in [2.24, 2.45) is 0 Å². The number of nitrogens with zero attached hydrogens (tertiary/aromatic N) is 3. The van der Waals surface area contributed by atoms with Crippen molar-refractivity contribution in [3.8, 4) is 11.1 Å². The van der Waals surface area contributed by atoms with Gasteiger partial charge in [0.15, 0.2) is 5.03 Å². The topological polar surface area (TPSA) is 115 Å². The fraction of sp³-hybridized carbons (Fsp3) is 0.0833. The van der Waals surface area contributed by atoms with Crippen LogP contribution in [0.5, 0.6) is 0 Å². The Morgan fingerprint density at radius 2 is 1.95 bits per heavy atom. The fourth-order valence-electron chi connectivity index (χ4n) is 1.91. The highest BCUT2D eigenvalue weighted by molar-refractivity contribution is 7.90. The van der Waals surface area contributed by atoms with E-state index in [4.69, 9.17) is 17.3 Å². The lowest BCUT2D eigenvalue weighted by molar-refractivity contribution is 0.591. The molecule has 3 N–H and O–H groups in total. The van der Waals surface area contributed by atoms with E-state index in [1.165, 1.54) is 6.20 Å². The van der Waals surface area contributed by atoms with Gasteiger partial charge >= 0.3 is 0 Å². The molecule has 0 atom stereocenters. The molecule has 2 heterocycles. The first-order valence-electron chi connectivity index (χ1n) is 6.05. The third-order valence-corrected chi connectivity index (χ3v) is 5.64. The van der Waals surface area contributed by atoms with Gasteiger partial charge in [0, 0.05) is 10.6 Å². The number of H-pyrrole nitrogens is 1. The van der Waals surface area contributed by atoms with Gasteiger partial charge in [-0.3, -0.25) is 5.10 Å². The Kier molecular flexibility index (Phi) is 3.85. The zero-order valence-corrected chi connectivity index (χ0v) is 13.4. The van der Waals surface area contributed by atoms with E-state index < -0.39 is 9.84 Å². The van der Waals surface area contributed by atoms with Gasteiger partial charge in [-0.2, -0.15) is 5.10 Å². The molecule has 0 spiro atoms. The molecule has 0 unspecified atom stereocenters. The number of aromatic nitrogens is 4. The molecule has 0 saturated carbocycles. The Hall–Kier alpha value is -1.97. The van der Waals surface area contributed by atoms with Gasteiger partial charge in [0.2, 0.25) is 15.0 Å². The molecule has 0 aliphatic rings. The van der Waals surface area contributed by atoms with E-state index in [-0.39, 0.29) is 15.9 Å². The summed E-state index contributed by atoms with van der Waals surface area (Å²) in [6.07, 6.45) is 1.46. The van der Waals surface area contributed by atoms with E-state index in [9.17, 15) is 8.42 Å². The third kappa shape index (κ3) is 2.96. The first kappa shape index (κ1) is 14.9. The number of nitrogens with one attached hydrogen (secondary N) is 1. The second kappa shape index (κ2) is 5.67. The second-order valence-corrected chi connectivity index (χ2v) is 7.87. The van der Waals surface area contributed by atoms with E-state index in [1.54, 1.807) is 24.3 Å². The molecule has 0 saturated heterocycles. The molecule has 0 radical (unpaired) electrons. The number of hydrogen-bond donors (Lipinski definition) is 2. The number of rotatable bonds is 4. The highest BCUT2D eigenvalue weighted by Gasteiger charge is 2.24. The van der Waals surface area contributed by atoms with Crippen LogP contribution in [-0.4, -0.2) is 28.8 Å². The molecule has 10 heteroatoms. The Balaban J connectivity index is 1.98. The van der Waals surface area contributed by atoms with Crippen molar-refractivity contribution in [2.75, 3.05) is 5.73 Å². The molecule has 0 aliphatic carbocycles. The first-order valence-corrected chi connectivity index (χ1v) is 8.90. The number of aromatic amines is 1. The van der Waals surface area contributed by atoms with Crippen LogP contribution in [0.3, 0.4) is 0 Å². The van der Waals surface area contributed by atoms with E-state index in [0.29, 0.717) is 21.2 Å². The number of nitrogen functional groups attached to an aromatic ring is 1. The molecule has 3 rings (SSSR count). The van der Waals surface area contributed by atoms with E-state index in [1.807, 2.05) is 0 Å². The average molecular weight is 356 g/mol. The fourth-order valence-corrected chi connectivity index (χ4v) is 4.36. The summed E-state index contributed by atoms with van der Waals surface area (Å²) < 4.78 is 25.1. The lowest BCUT2D eigenvalue weighted by Gasteiger charge is -2.04. The van der Waals surface area contributed by atoms with Crippen LogP contribution in [0.4, 0.5) is 5.13 Å². The second-order valence-electron chi connectivity index (χ2n) is 4.41. The van der Waals surface area contributed by atoms with Crippen LogP contribution in [0, 0.1) is 0 Å². The SMILES string of the molecule is Nc1nnc(CS(=O)(=O)c2[nH]ncc2-c2ccc(Cl)cc2)s1. The lowest BCUT2D eigenvalue weighted by Crippen LogP contribution is -2.07. The van der Waals surface area contributed by atoms with Crippen molar-refractivity contribution in [2.45, 2.75) is 10.8 Å². The summed E-state index contributed by atoms with van der Waals surface area (Å²) >= 11 is 6.89. The largest absolute Gasteiger partial charge is 0.374 e. The normalized spacial score (nSPS) is 11.7. The molecular weight excluding hydrogens is 346 g/mol. The summed E-state index contributed by atoms with van der Waals surface area (Å²) in [6.45, 7) is 0. The Labute approximate surface area is 135 Å². The monoisotopic (exact) mass is 355 g/mol. The minimum Gasteiger partial charge on any atom is -0.374 e. The van der Waals surface area contributed by atoms with Crippen LogP contribution in [0.2, 0.25) is 5.02 Å². The maximum atomic E-state index is 12.5. The minimum absolute atomic E-state index is 0.0311. The zero-order valence-electron chi connectivity index (χ0n) is 11.0. The molecule has 1 aromatic carbocycles. The van der Waals surface area contributed by atoms with Gasteiger partial charge in [0.1, 0.15) is 10.8 Å². The molecule has 7 nitrogen and oxygen atoms in total. The number of nitrogens with two attached hydrogens (primary N) is 1. The summed E-state index contributed by atoms with van der Waals surface area (Å²) in [7, 11) is -3.64. The standard InChI is InChI=1S/C12H10ClN5O2S2/c13-8-3-1-7(2-4-8)9-5-15-17-11(9)22(19,20)6-10-16-18-12(14)21-10/h1-5H,6H2,(H2,14,18)(H,15,17). The Morgan fingerprint density at radius 3 is 2.59 bits per heavy atom. The molecular formula is C12H10ClN5O2S2. The molecule has 2 aromatic heterocycles. The summed E-state index contributed by atoms with van der Waals surface area (Å²) in [5, 5.41) is 14.9. The van der Waals surface area contributed by atoms with Crippen molar-refractivity contribution >= 4 is 37.9 Å². The summed E-state index contributed by atoms with van der Waals surface area (Å²) in [6, 6.07) is 6.84. The molecule has 0 fully saturated rings. The third-order valence-electron chi connectivity index (χ3n) is 2.87. The Morgan fingerprint density at radius 1 is 1.23 bits per heavy atom. The quantitative estimate of drug-likeness (QED) is 0.740. The molecule has 0 bridgehead atoms. The zero-order chi connectivity index (χ0) is 15.7. The minimum atomic E-state index is -3.64. The smallest absolute Gasteiger partial charge is 0.203 e. The van der Waals surface area contributed by atoms with Crippen molar-refractivity contribution in [1.29, 1.82) is 0 Å². The van der Waals surface area contributed by atoms with Gasteiger partial charge in [-0.1, -0.05) is 35.1 Å². The first-order chi connectivity index (χ1) is 10.5.